The molecule has 0 amide bonds. The van der Waals surface area contributed by atoms with Crippen molar-refractivity contribution in [2.75, 3.05) is 6.61 Å². The minimum atomic E-state index is -0.353. The van der Waals surface area contributed by atoms with E-state index < -0.39 is 0 Å². The van der Waals surface area contributed by atoms with Crippen molar-refractivity contribution < 1.29 is 9.53 Å². The van der Waals surface area contributed by atoms with Crippen LogP contribution in [0.15, 0.2) is 27.7 Å². The average molecular weight is 281 g/mol. The van der Waals surface area contributed by atoms with Gasteiger partial charge in [0.25, 0.3) is 0 Å². The molecule has 2 rings (SSSR count). The van der Waals surface area contributed by atoms with Crippen LogP contribution in [0.4, 0.5) is 0 Å². The van der Waals surface area contributed by atoms with Gasteiger partial charge in [-0.25, -0.2) is 14.8 Å². The first kappa shape index (κ1) is 13.0. The summed E-state index contributed by atoms with van der Waals surface area (Å²) in [6.07, 6.45) is 1.51. The summed E-state index contributed by atoms with van der Waals surface area (Å²) in [6.45, 7) is 3.98. The molecule has 2 aromatic rings. The summed E-state index contributed by atoms with van der Waals surface area (Å²) < 4.78 is 9.81. The van der Waals surface area contributed by atoms with Gasteiger partial charge in [0.1, 0.15) is 10.9 Å². The Bertz CT molecular complexity index is 539. The Balaban J connectivity index is 2.05. The molecule has 0 unspecified atom stereocenters. The van der Waals surface area contributed by atoms with Crippen LogP contribution in [0.3, 0.4) is 0 Å². The molecule has 0 N–H and O–H groups in total. The molecule has 0 atom stereocenters. The van der Waals surface area contributed by atoms with Gasteiger partial charge in [-0.2, -0.15) is 4.37 Å². The van der Waals surface area contributed by atoms with Gasteiger partial charge in [0.05, 0.1) is 12.2 Å². The fourth-order valence-electron chi connectivity index (χ4n) is 1.18. The first-order valence-electron chi connectivity index (χ1n) is 5.30. The molecule has 0 saturated carbocycles. The fraction of sp³-hybridized carbons (Fsp3) is 0.273. The third kappa shape index (κ3) is 3.27. The summed E-state index contributed by atoms with van der Waals surface area (Å²) in [5, 5.41) is 0.777. The topological polar surface area (TPSA) is 65.0 Å². The Hall–Kier alpha value is -1.47. The Morgan fingerprint density at radius 1 is 1.50 bits per heavy atom. The van der Waals surface area contributed by atoms with Gasteiger partial charge < -0.3 is 4.74 Å². The van der Waals surface area contributed by atoms with E-state index in [1.165, 1.54) is 29.5 Å². The second-order valence-electron chi connectivity index (χ2n) is 3.32. The number of rotatable bonds is 4. The van der Waals surface area contributed by atoms with E-state index in [-0.39, 0.29) is 5.97 Å². The zero-order valence-corrected chi connectivity index (χ0v) is 11.5. The number of nitrogens with zero attached hydrogens (tertiary/aromatic N) is 3. The van der Waals surface area contributed by atoms with Crippen molar-refractivity contribution in [3.05, 3.63) is 29.7 Å². The van der Waals surface area contributed by atoms with E-state index in [0.29, 0.717) is 12.2 Å². The molecule has 0 radical (unpaired) electrons. The molecule has 18 heavy (non-hydrogen) atoms. The monoisotopic (exact) mass is 281 g/mol. The molecule has 94 valence electrons. The first-order chi connectivity index (χ1) is 8.69. The van der Waals surface area contributed by atoms with Crippen molar-refractivity contribution in [3.63, 3.8) is 0 Å². The molecule has 2 heterocycles. The number of carbonyl (C=O) groups excluding carboxylic acids is 1. The summed E-state index contributed by atoms with van der Waals surface area (Å²) in [6, 6.07) is 3.47. The molecule has 0 aliphatic heterocycles. The molecular formula is C11H11N3O2S2. The average Bonchev–Trinajstić information content (AvgIpc) is 2.76. The Kier molecular flexibility index (Phi) is 4.27. The van der Waals surface area contributed by atoms with E-state index in [1.807, 2.05) is 6.92 Å². The minimum Gasteiger partial charge on any atom is -0.462 e. The lowest BCUT2D eigenvalue weighted by Crippen LogP contribution is -2.04. The van der Waals surface area contributed by atoms with Crippen LogP contribution in [0.25, 0.3) is 0 Å². The fourth-order valence-corrected chi connectivity index (χ4v) is 2.72. The maximum Gasteiger partial charge on any atom is 0.339 e. The SMILES string of the molecule is CCOC(=O)c1ccc(Sc2nc(C)ns2)nc1. The highest BCUT2D eigenvalue weighted by atomic mass is 32.2. The van der Waals surface area contributed by atoms with Crippen molar-refractivity contribution in [1.82, 2.24) is 14.3 Å². The second-order valence-corrected chi connectivity index (χ2v) is 5.33. The maximum atomic E-state index is 11.4. The Morgan fingerprint density at radius 2 is 2.33 bits per heavy atom. The van der Waals surface area contributed by atoms with Gasteiger partial charge in [-0.3, -0.25) is 0 Å². The van der Waals surface area contributed by atoms with Crippen LogP contribution in [0.1, 0.15) is 23.1 Å². The summed E-state index contributed by atoms with van der Waals surface area (Å²) in [4.78, 5) is 19.8. The van der Waals surface area contributed by atoms with Crippen molar-refractivity contribution in [3.8, 4) is 0 Å². The van der Waals surface area contributed by atoms with Crippen molar-refractivity contribution in [1.29, 1.82) is 0 Å². The van der Waals surface area contributed by atoms with Crippen molar-refractivity contribution >= 4 is 29.3 Å². The lowest BCUT2D eigenvalue weighted by Gasteiger charge is -2.01. The van der Waals surface area contributed by atoms with Gasteiger partial charge in [0.15, 0.2) is 4.34 Å². The van der Waals surface area contributed by atoms with E-state index in [0.717, 1.165) is 15.2 Å². The van der Waals surface area contributed by atoms with Crippen LogP contribution >= 0.6 is 23.3 Å². The van der Waals surface area contributed by atoms with Crippen LogP contribution in [-0.4, -0.2) is 26.9 Å². The molecule has 5 nitrogen and oxygen atoms in total. The highest BCUT2D eigenvalue weighted by Gasteiger charge is 2.08. The predicted octanol–water partition coefficient (Wildman–Crippen LogP) is 2.57. The lowest BCUT2D eigenvalue weighted by atomic mass is 10.3. The smallest absolute Gasteiger partial charge is 0.339 e. The number of hydrogen-bond donors (Lipinski definition) is 0. The third-order valence-corrected chi connectivity index (χ3v) is 3.74. The number of aromatic nitrogens is 3. The van der Waals surface area contributed by atoms with E-state index in [4.69, 9.17) is 4.74 Å². The molecule has 0 bridgehead atoms. The van der Waals surface area contributed by atoms with Gasteiger partial charge in [-0.05, 0) is 49.3 Å². The number of aryl methyl sites for hydroxylation is 1. The number of carbonyl (C=O) groups is 1. The summed E-state index contributed by atoms with van der Waals surface area (Å²) in [5.41, 5.74) is 0.453. The summed E-state index contributed by atoms with van der Waals surface area (Å²) >= 11 is 2.76. The third-order valence-electron chi connectivity index (χ3n) is 1.95. The van der Waals surface area contributed by atoms with Gasteiger partial charge in [-0.15, -0.1) is 0 Å². The molecule has 0 spiro atoms. The van der Waals surface area contributed by atoms with Gasteiger partial charge >= 0.3 is 5.97 Å². The van der Waals surface area contributed by atoms with E-state index in [2.05, 4.69) is 14.3 Å². The highest BCUT2D eigenvalue weighted by molar-refractivity contribution is 8.00. The van der Waals surface area contributed by atoms with Gasteiger partial charge in [-0.1, -0.05) is 0 Å². The molecule has 0 aromatic carbocycles. The summed E-state index contributed by atoms with van der Waals surface area (Å²) in [5.74, 6) is 0.402. The Labute approximate surface area is 113 Å². The molecule has 2 aromatic heterocycles. The minimum absolute atomic E-state index is 0.353. The number of esters is 1. The zero-order chi connectivity index (χ0) is 13.0. The van der Waals surface area contributed by atoms with Crippen LogP contribution < -0.4 is 0 Å². The highest BCUT2D eigenvalue weighted by Crippen LogP contribution is 2.27. The molecule has 0 aliphatic rings. The number of ether oxygens (including phenoxy) is 1. The quantitative estimate of drug-likeness (QED) is 0.802. The molecular weight excluding hydrogens is 270 g/mol. The molecule has 0 saturated heterocycles. The zero-order valence-electron chi connectivity index (χ0n) is 9.91. The maximum absolute atomic E-state index is 11.4. The normalized spacial score (nSPS) is 10.3. The Morgan fingerprint density at radius 3 is 2.89 bits per heavy atom. The van der Waals surface area contributed by atoms with E-state index in [1.54, 1.807) is 19.1 Å². The van der Waals surface area contributed by atoms with Gasteiger partial charge in [0, 0.05) is 6.20 Å². The second kappa shape index (κ2) is 5.92. The summed E-state index contributed by atoms with van der Waals surface area (Å²) in [7, 11) is 0. The number of hydrogen-bond acceptors (Lipinski definition) is 7. The van der Waals surface area contributed by atoms with Crippen LogP contribution in [0, 0.1) is 6.92 Å². The predicted molar refractivity (Wildman–Crippen MR) is 69.0 cm³/mol. The molecule has 7 heteroatoms. The standard InChI is InChI=1S/C11H11N3O2S2/c1-3-16-10(15)8-4-5-9(12-6-8)17-11-13-7(2)14-18-11/h4-6H,3H2,1-2H3. The van der Waals surface area contributed by atoms with Crippen LogP contribution in [-0.2, 0) is 4.74 Å². The van der Waals surface area contributed by atoms with Crippen LogP contribution in [0.5, 0.6) is 0 Å². The van der Waals surface area contributed by atoms with Crippen molar-refractivity contribution in [2.24, 2.45) is 0 Å². The van der Waals surface area contributed by atoms with Gasteiger partial charge in [0.2, 0.25) is 0 Å². The molecule has 0 fully saturated rings. The largest absolute Gasteiger partial charge is 0.462 e. The first-order valence-corrected chi connectivity index (χ1v) is 6.89. The van der Waals surface area contributed by atoms with Crippen LogP contribution in [0.2, 0.25) is 0 Å². The molecule has 0 aliphatic carbocycles. The van der Waals surface area contributed by atoms with E-state index in [9.17, 15) is 4.79 Å². The number of pyridine rings is 1. The van der Waals surface area contributed by atoms with Crippen molar-refractivity contribution in [2.45, 2.75) is 23.2 Å². The lowest BCUT2D eigenvalue weighted by molar-refractivity contribution is 0.0525. The van der Waals surface area contributed by atoms with E-state index >= 15 is 0 Å².